The monoisotopic (exact) mass is 162 g/mol. The molecule has 3 heteroatoms. The van der Waals surface area contributed by atoms with E-state index in [0.29, 0.717) is 11.6 Å². The van der Waals surface area contributed by atoms with Gasteiger partial charge in [0.1, 0.15) is 0 Å². The van der Waals surface area contributed by atoms with Gasteiger partial charge in [-0.1, -0.05) is 17.7 Å². The SMILES string of the molecule is C/C=C(/Cl)CC(=O)OCC. The summed E-state index contributed by atoms with van der Waals surface area (Å²) in [5.74, 6) is -0.273. The maximum absolute atomic E-state index is 10.7. The third-order valence-corrected chi connectivity index (χ3v) is 1.28. The number of hydrogen-bond acceptors (Lipinski definition) is 2. The summed E-state index contributed by atoms with van der Waals surface area (Å²) >= 11 is 5.56. The third kappa shape index (κ3) is 4.39. The molecule has 0 aliphatic rings. The molecule has 10 heavy (non-hydrogen) atoms. The molecule has 58 valence electrons. The summed E-state index contributed by atoms with van der Waals surface area (Å²) in [6.45, 7) is 3.95. The Balaban J connectivity index is 3.58. The molecule has 0 spiro atoms. The zero-order valence-corrected chi connectivity index (χ0v) is 6.94. The minimum atomic E-state index is -0.273. The van der Waals surface area contributed by atoms with Crippen LogP contribution in [0.4, 0.5) is 0 Å². The zero-order chi connectivity index (χ0) is 7.98. The van der Waals surface area contributed by atoms with Crippen molar-refractivity contribution < 1.29 is 9.53 Å². The Bertz CT molecular complexity index is 141. The highest BCUT2D eigenvalue weighted by atomic mass is 35.5. The van der Waals surface area contributed by atoms with Crippen LogP contribution < -0.4 is 0 Å². The molecule has 0 amide bonds. The number of halogens is 1. The zero-order valence-electron chi connectivity index (χ0n) is 6.19. The van der Waals surface area contributed by atoms with E-state index in [-0.39, 0.29) is 12.4 Å². The number of ether oxygens (including phenoxy) is 1. The van der Waals surface area contributed by atoms with Crippen LogP contribution in [-0.2, 0) is 9.53 Å². The van der Waals surface area contributed by atoms with Gasteiger partial charge in [-0.3, -0.25) is 4.79 Å². The molecule has 0 rings (SSSR count). The van der Waals surface area contributed by atoms with Crippen LogP contribution in [0.2, 0.25) is 0 Å². The lowest BCUT2D eigenvalue weighted by atomic mass is 10.4. The van der Waals surface area contributed by atoms with E-state index in [1.807, 2.05) is 0 Å². The molecular formula is C7H11ClO2. The Labute approximate surface area is 65.8 Å². The van der Waals surface area contributed by atoms with Crippen molar-refractivity contribution in [1.82, 2.24) is 0 Å². The topological polar surface area (TPSA) is 26.3 Å². The fraction of sp³-hybridized carbons (Fsp3) is 0.571. The van der Waals surface area contributed by atoms with Crippen LogP contribution in [0.25, 0.3) is 0 Å². The highest BCUT2D eigenvalue weighted by Crippen LogP contribution is 2.06. The molecule has 0 saturated heterocycles. The second-order valence-corrected chi connectivity index (χ2v) is 2.20. The average molecular weight is 163 g/mol. The van der Waals surface area contributed by atoms with Crippen molar-refractivity contribution in [2.45, 2.75) is 20.3 Å². The number of carbonyl (C=O) groups is 1. The lowest BCUT2D eigenvalue weighted by molar-refractivity contribution is -0.142. The van der Waals surface area contributed by atoms with Crippen LogP contribution in [0, 0.1) is 0 Å². The first kappa shape index (κ1) is 9.50. The Morgan fingerprint density at radius 3 is 2.70 bits per heavy atom. The minimum absolute atomic E-state index is 0.186. The molecule has 0 aromatic carbocycles. The van der Waals surface area contributed by atoms with E-state index in [2.05, 4.69) is 4.74 Å². The predicted molar refractivity (Wildman–Crippen MR) is 40.9 cm³/mol. The van der Waals surface area contributed by atoms with Crippen LogP contribution in [0.15, 0.2) is 11.1 Å². The van der Waals surface area contributed by atoms with Crippen LogP contribution in [0.1, 0.15) is 20.3 Å². The van der Waals surface area contributed by atoms with Crippen molar-refractivity contribution in [1.29, 1.82) is 0 Å². The van der Waals surface area contributed by atoms with Crippen LogP contribution in [0.5, 0.6) is 0 Å². The van der Waals surface area contributed by atoms with Gasteiger partial charge in [0.05, 0.1) is 13.0 Å². The van der Waals surface area contributed by atoms with Crippen molar-refractivity contribution >= 4 is 17.6 Å². The van der Waals surface area contributed by atoms with Crippen molar-refractivity contribution in [3.05, 3.63) is 11.1 Å². The van der Waals surface area contributed by atoms with E-state index in [0.717, 1.165) is 0 Å². The fourth-order valence-corrected chi connectivity index (χ4v) is 0.561. The quantitative estimate of drug-likeness (QED) is 0.594. The predicted octanol–water partition coefficient (Wildman–Crippen LogP) is 2.08. The second kappa shape index (κ2) is 5.30. The lowest BCUT2D eigenvalue weighted by Crippen LogP contribution is -2.02. The maximum Gasteiger partial charge on any atom is 0.311 e. The van der Waals surface area contributed by atoms with Gasteiger partial charge in [0.15, 0.2) is 0 Å². The minimum Gasteiger partial charge on any atom is -0.466 e. The van der Waals surface area contributed by atoms with Crippen molar-refractivity contribution in [3.63, 3.8) is 0 Å². The summed E-state index contributed by atoms with van der Waals surface area (Å²) in [6, 6.07) is 0. The van der Waals surface area contributed by atoms with Gasteiger partial charge in [-0.2, -0.15) is 0 Å². The Morgan fingerprint density at radius 2 is 2.30 bits per heavy atom. The smallest absolute Gasteiger partial charge is 0.311 e. The standard InChI is InChI=1S/C7H11ClO2/c1-3-6(8)5-7(9)10-4-2/h3H,4-5H2,1-2H3/b6-3+. The second-order valence-electron chi connectivity index (χ2n) is 1.72. The third-order valence-electron chi connectivity index (χ3n) is 0.932. The van der Waals surface area contributed by atoms with Crippen LogP contribution in [-0.4, -0.2) is 12.6 Å². The molecule has 0 aromatic heterocycles. The van der Waals surface area contributed by atoms with Crippen LogP contribution in [0.3, 0.4) is 0 Å². The largest absolute Gasteiger partial charge is 0.466 e. The van der Waals surface area contributed by atoms with Gasteiger partial charge in [0, 0.05) is 5.03 Å². The van der Waals surface area contributed by atoms with Gasteiger partial charge >= 0.3 is 5.97 Å². The summed E-state index contributed by atoms with van der Waals surface area (Å²) in [4.78, 5) is 10.7. The highest BCUT2D eigenvalue weighted by Gasteiger charge is 2.01. The number of rotatable bonds is 3. The molecule has 0 atom stereocenters. The number of esters is 1. The first-order valence-electron chi connectivity index (χ1n) is 3.17. The summed E-state index contributed by atoms with van der Waals surface area (Å²) in [6.07, 6.45) is 1.87. The highest BCUT2D eigenvalue weighted by molar-refractivity contribution is 6.30. The molecule has 0 aromatic rings. The van der Waals surface area contributed by atoms with Crippen molar-refractivity contribution in [2.75, 3.05) is 6.61 Å². The van der Waals surface area contributed by atoms with Gasteiger partial charge in [0.25, 0.3) is 0 Å². The molecule has 0 heterocycles. The van der Waals surface area contributed by atoms with E-state index in [1.165, 1.54) is 0 Å². The first-order chi connectivity index (χ1) is 4.70. The average Bonchev–Trinajstić information content (AvgIpc) is 1.88. The van der Waals surface area contributed by atoms with Crippen molar-refractivity contribution in [2.24, 2.45) is 0 Å². The molecular weight excluding hydrogens is 152 g/mol. The van der Waals surface area contributed by atoms with Gasteiger partial charge in [0.2, 0.25) is 0 Å². The Morgan fingerprint density at radius 1 is 1.70 bits per heavy atom. The van der Waals surface area contributed by atoms with E-state index in [9.17, 15) is 4.79 Å². The normalized spacial score (nSPS) is 11.3. The fourth-order valence-electron chi connectivity index (χ4n) is 0.452. The molecule has 0 saturated carbocycles. The van der Waals surface area contributed by atoms with Gasteiger partial charge in [-0.05, 0) is 13.8 Å². The van der Waals surface area contributed by atoms with E-state index >= 15 is 0 Å². The van der Waals surface area contributed by atoms with E-state index in [1.54, 1.807) is 19.9 Å². The Hall–Kier alpha value is -0.500. The summed E-state index contributed by atoms with van der Waals surface area (Å²) in [5, 5.41) is 0.526. The van der Waals surface area contributed by atoms with Gasteiger partial charge in [-0.15, -0.1) is 0 Å². The van der Waals surface area contributed by atoms with Crippen LogP contribution >= 0.6 is 11.6 Å². The van der Waals surface area contributed by atoms with Crippen molar-refractivity contribution in [3.8, 4) is 0 Å². The number of hydrogen-bond donors (Lipinski definition) is 0. The molecule has 2 nitrogen and oxygen atoms in total. The van der Waals surface area contributed by atoms with Gasteiger partial charge in [-0.25, -0.2) is 0 Å². The molecule has 0 unspecified atom stereocenters. The molecule has 0 N–H and O–H groups in total. The molecule has 0 aliphatic carbocycles. The van der Waals surface area contributed by atoms with E-state index in [4.69, 9.17) is 11.6 Å². The molecule has 0 radical (unpaired) electrons. The maximum atomic E-state index is 10.7. The summed E-state index contributed by atoms with van der Waals surface area (Å²) < 4.78 is 4.65. The molecule has 0 bridgehead atoms. The lowest BCUT2D eigenvalue weighted by Gasteiger charge is -1.98. The summed E-state index contributed by atoms with van der Waals surface area (Å²) in [5.41, 5.74) is 0. The first-order valence-corrected chi connectivity index (χ1v) is 3.54. The Kier molecular flexibility index (Phi) is 5.03. The van der Waals surface area contributed by atoms with Gasteiger partial charge < -0.3 is 4.74 Å². The summed E-state index contributed by atoms with van der Waals surface area (Å²) in [7, 11) is 0. The number of carbonyl (C=O) groups excluding carboxylic acids is 1. The van der Waals surface area contributed by atoms with E-state index < -0.39 is 0 Å². The molecule has 0 fully saturated rings. The number of allylic oxidation sites excluding steroid dienone is 1. The molecule has 0 aliphatic heterocycles.